The topological polar surface area (TPSA) is 51.9 Å². The predicted octanol–water partition coefficient (Wildman–Crippen LogP) is 4.66. The Morgan fingerprint density at radius 1 is 1.04 bits per heavy atom. The fourth-order valence-corrected chi connectivity index (χ4v) is 2.66. The van der Waals surface area contributed by atoms with Crippen LogP contribution in [0, 0.1) is 0 Å². The molecule has 0 aliphatic heterocycles. The minimum atomic E-state index is -0.172. The molecule has 5 nitrogen and oxygen atoms in total. The van der Waals surface area contributed by atoms with E-state index in [1.54, 1.807) is 24.3 Å². The standard InChI is InChI=1S/C20H18BrNO4/c1-24-17-10-6-16(7-11-17)22(13-19-3-2-12-25-19)20(23)14-26-18-8-4-15(21)5-9-18/h2-12H,13-14H2,1H3. The molecule has 0 saturated carbocycles. The first-order valence-electron chi connectivity index (χ1n) is 8.01. The lowest BCUT2D eigenvalue weighted by Gasteiger charge is -2.22. The number of furan rings is 1. The van der Waals surface area contributed by atoms with Crippen LogP contribution in [0.4, 0.5) is 5.69 Å². The smallest absolute Gasteiger partial charge is 0.265 e. The second-order valence-corrected chi connectivity index (χ2v) is 6.42. The van der Waals surface area contributed by atoms with Crippen molar-refractivity contribution < 1.29 is 18.7 Å². The van der Waals surface area contributed by atoms with Gasteiger partial charge in [0.1, 0.15) is 17.3 Å². The minimum absolute atomic E-state index is 0.0750. The van der Waals surface area contributed by atoms with Gasteiger partial charge in [-0.15, -0.1) is 0 Å². The highest BCUT2D eigenvalue weighted by Gasteiger charge is 2.18. The molecular formula is C20H18BrNO4. The molecule has 0 fully saturated rings. The maximum Gasteiger partial charge on any atom is 0.265 e. The number of rotatable bonds is 7. The molecule has 3 aromatic rings. The van der Waals surface area contributed by atoms with Crippen LogP contribution in [0.5, 0.6) is 11.5 Å². The van der Waals surface area contributed by atoms with Crippen molar-refractivity contribution >= 4 is 27.5 Å². The van der Waals surface area contributed by atoms with Gasteiger partial charge in [0.2, 0.25) is 0 Å². The van der Waals surface area contributed by atoms with Gasteiger partial charge in [-0.3, -0.25) is 4.79 Å². The van der Waals surface area contributed by atoms with Crippen LogP contribution >= 0.6 is 15.9 Å². The maximum absolute atomic E-state index is 12.8. The summed E-state index contributed by atoms with van der Waals surface area (Å²) in [4.78, 5) is 14.4. The van der Waals surface area contributed by atoms with Crippen LogP contribution in [0.1, 0.15) is 5.76 Å². The van der Waals surface area contributed by atoms with Crippen molar-refractivity contribution in [1.82, 2.24) is 0 Å². The van der Waals surface area contributed by atoms with Crippen molar-refractivity contribution in [3.8, 4) is 11.5 Å². The number of hydrogen-bond donors (Lipinski definition) is 0. The first-order chi connectivity index (χ1) is 12.7. The van der Waals surface area contributed by atoms with E-state index in [-0.39, 0.29) is 12.5 Å². The van der Waals surface area contributed by atoms with E-state index in [4.69, 9.17) is 13.9 Å². The number of carbonyl (C=O) groups excluding carboxylic acids is 1. The van der Waals surface area contributed by atoms with Gasteiger partial charge in [-0.05, 0) is 60.7 Å². The van der Waals surface area contributed by atoms with Gasteiger partial charge >= 0.3 is 0 Å². The average molecular weight is 416 g/mol. The normalized spacial score (nSPS) is 10.4. The summed E-state index contributed by atoms with van der Waals surface area (Å²) in [5, 5.41) is 0. The number of hydrogen-bond acceptors (Lipinski definition) is 4. The van der Waals surface area contributed by atoms with E-state index >= 15 is 0 Å². The first kappa shape index (κ1) is 18.1. The molecule has 0 radical (unpaired) electrons. The van der Waals surface area contributed by atoms with Crippen LogP contribution in [-0.2, 0) is 11.3 Å². The minimum Gasteiger partial charge on any atom is -0.497 e. The third kappa shape index (κ3) is 4.67. The van der Waals surface area contributed by atoms with Crippen LogP contribution in [0.15, 0.2) is 75.8 Å². The van der Waals surface area contributed by atoms with Crippen molar-refractivity contribution in [2.75, 3.05) is 18.6 Å². The summed E-state index contributed by atoms with van der Waals surface area (Å²) in [5.41, 5.74) is 0.742. The van der Waals surface area contributed by atoms with Crippen LogP contribution in [0.3, 0.4) is 0 Å². The molecule has 0 bridgehead atoms. The Morgan fingerprint density at radius 3 is 2.35 bits per heavy atom. The first-order valence-corrected chi connectivity index (χ1v) is 8.80. The molecule has 2 aromatic carbocycles. The van der Waals surface area contributed by atoms with Crippen molar-refractivity contribution in [2.45, 2.75) is 6.54 Å². The second-order valence-electron chi connectivity index (χ2n) is 5.50. The summed E-state index contributed by atoms with van der Waals surface area (Å²) in [6.07, 6.45) is 1.59. The molecule has 134 valence electrons. The van der Waals surface area contributed by atoms with Gasteiger partial charge < -0.3 is 18.8 Å². The summed E-state index contributed by atoms with van der Waals surface area (Å²) in [6.45, 7) is 0.246. The summed E-state index contributed by atoms with van der Waals surface area (Å²) < 4.78 is 17.1. The molecule has 1 heterocycles. The summed E-state index contributed by atoms with van der Waals surface area (Å²) in [6, 6.07) is 18.3. The maximum atomic E-state index is 12.8. The van der Waals surface area contributed by atoms with E-state index < -0.39 is 0 Å². The van der Waals surface area contributed by atoms with Gasteiger partial charge in [-0.1, -0.05) is 15.9 Å². The number of halogens is 1. The van der Waals surface area contributed by atoms with Crippen molar-refractivity contribution in [3.63, 3.8) is 0 Å². The molecule has 0 spiro atoms. The van der Waals surface area contributed by atoms with E-state index in [0.717, 1.165) is 15.9 Å². The van der Waals surface area contributed by atoms with Gasteiger partial charge in [-0.2, -0.15) is 0 Å². The molecule has 1 aromatic heterocycles. The van der Waals surface area contributed by atoms with Crippen LogP contribution in [0.25, 0.3) is 0 Å². The van der Waals surface area contributed by atoms with E-state index in [1.165, 1.54) is 0 Å². The summed E-state index contributed by atoms with van der Waals surface area (Å²) in [7, 11) is 1.60. The highest BCUT2D eigenvalue weighted by atomic mass is 79.9. The lowest BCUT2D eigenvalue weighted by molar-refractivity contribution is -0.120. The Morgan fingerprint density at radius 2 is 1.73 bits per heavy atom. The predicted molar refractivity (Wildman–Crippen MR) is 103 cm³/mol. The summed E-state index contributed by atoms with van der Waals surface area (Å²) >= 11 is 3.37. The monoisotopic (exact) mass is 415 g/mol. The largest absolute Gasteiger partial charge is 0.497 e. The molecule has 0 N–H and O–H groups in total. The highest BCUT2D eigenvalue weighted by Crippen LogP contribution is 2.22. The lowest BCUT2D eigenvalue weighted by atomic mass is 10.2. The molecule has 26 heavy (non-hydrogen) atoms. The van der Waals surface area contributed by atoms with Gasteiger partial charge in [0, 0.05) is 10.2 Å². The van der Waals surface area contributed by atoms with E-state index in [1.807, 2.05) is 54.6 Å². The Balaban J connectivity index is 1.74. The Bertz CT molecular complexity index is 829. The molecule has 3 rings (SSSR count). The number of ether oxygens (including phenoxy) is 2. The molecule has 1 amide bonds. The van der Waals surface area contributed by atoms with Gasteiger partial charge in [0.25, 0.3) is 5.91 Å². The third-order valence-corrected chi connectivity index (χ3v) is 4.28. The Kier molecular flexibility index (Phi) is 5.96. The van der Waals surface area contributed by atoms with E-state index in [0.29, 0.717) is 18.1 Å². The number of carbonyl (C=O) groups is 1. The zero-order valence-corrected chi connectivity index (χ0v) is 15.8. The van der Waals surface area contributed by atoms with Crippen molar-refractivity contribution in [1.29, 1.82) is 0 Å². The van der Waals surface area contributed by atoms with Gasteiger partial charge in [0.15, 0.2) is 6.61 Å². The van der Waals surface area contributed by atoms with Crippen LogP contribution in [-0.4, -0.2) is 19.6 Å². The van der Waals surface area contributed by atoms with E-state index in [9.17, 15) is 4.79 Å². The lowest BCUT2D eigenvalue weighted by Crippen LogP contribution is -2.34. The molecule has 6 heteroatoms. The van der Waals surface area contributed by atoms with E-state index in [2.05, 4.69) is 15.9 Å². The number of anilines is 1. The van der Waals surface area contributed by atoms with Gasteiger partial charge in [-0.25, -0.2) is 0 Å². The SMILES string of the molecule is COc1ccc(N(Cc2ccco2)C(=O)COc2ccc(Br)cc2)cc1. The quantitative estimate of drug-likeness (QED) is 0.562. The number of methoxy groups -OCH3 is 1. The molecule has 0 aliphatic rings. The van der Waals surface area contributed by atoms with Crippen molar-refractivity contribution in [2.24, 2.45) is 0 Å². The van der Waals surface area contributed by atoms with Crippen LogP contribution in [0.2, 0.25) is 0 Å². The van der Waals surface area contributed by atoms with Crippen molar-refractivity contribution in [3.05, 3.63) is 77.2 Å². The molecule has 0 unspecified atom stereocenters. The zero-order chi connectivity index (χ0) is 18.4. The number of nitrogens with zero attached hydrogens (tertiary/aromatic N) is 1. The highest BCUT2D eigenvalue weighted by molar-refractivity contribution is 9.10. The third-order valence-electron chi connectivity index (χ3n) is 3.76. The van der Waals surface area contributed by atoms with Gasteiger partial charge in [0.05, 0.1) is 19.9 Å². The number of amides is 1. The fraction of sp³-hybridized carbons (Fsp3) is 0.150. The average Bonchev–Trinajstić information content (AvgIpc) is 3.19. The number of benzene rings is 2. The molecular weight excluding hydrogens is 398 g/mol. The summed E-state index contributed by atoms with van der Waals surface area (Å²) in [5.74, 6) is 1.88. The molecule has 0 aliphatic carbocycles. The Hall–Kier alpha value is -2.73. The van der Waals surface area contributed by atoms with Crippen LogP contribution < -0.4 is 14.4 Å². The zero-order valence-electron chi connectivity index (χ0n) is 14.2. The Labute approximate surface area is 160 Å². The second kappa shape index (κ2) is 8.58. The molecule has 0 saturated heterocycles. The fourth-order valence-electron chi connectivity index (χ4n) is 2.40. The molecule has 0 atom stereocenters.